The zero-order valence-electron chi connectivity index (χ0n) is 34.5. The van der Waals surface area contributed by atoms with E-state index in [2.05, 4.69) is 61.3 Å². The molecule has 0 spiro atoms. The van der Waals surface area contributed by atoms with Crippen LogP contribution in [0.2, 0.25) is 0 Å². The Hall–Kier alpha value is 0.0500. The minimum Gasteiger partial charge on any atom is -0.748 e. The maximum absolute atomic E-state index is 9.08. The van der Waals surface area contributed by atoms with Gasteiger partial charge in [0.1, 0.15) is 0 Å². The molecule has 8 bridgehead atoms. The number of nitrogens with one attached hydrogen (secondary N) is 8. The van der Waals surface area contributed by atoms with Gasteiger partial charge in [-0.05, 0) is 98.7 Å². The first kappa shape index (κ1) is 48.1. The third-order valence-corrected chi connectivity index (χ3v) is 14.4. The molecule has 9 fully saturated rings. The quantitative estimate of drug-likeness (QED) is 0.0870. The second-order valence-corrected chi connectivity index (χ2v) is 19.3. The lowest BCUT2D eigenvalue weighted by atomic mass is 9.76. The van der Waals surface area contributed by atoms with Crippen molar-refractivity contribution in [2.45, 2.75) is 166 Å². The minimum atomic E-state index is -3.92. The third-order valence-electron chi connectivity index (χ3n) is 14.0. The van der Waals surface area contributed by atoms with E-state index >= 15 is 0 Å². The number of hydrogen-bond acceptors (Lipinski definition) is 19. The van der Waals surface area contributed by atoms with Crippen LogP contribution in [0.4, 0.5) is 0 Å². The lowest BCUT2D eigenvalue weighted by Gasteiger charge is -2.35. The number of fused-ring (bicyclic) bond motifs is 20. The summed E-state index contributed by atoms with van der Waals surface area (Å²) in [4.78, 5) is 0. The van der Waals surface area contributed by atoms with Crippen LogP contribution >= 0.6 is 24.1 Å². The molecule has 20 heteroatoms. The van der Waals surface area contributed by atoms with E-state index in [1.165, 1.54) is 103 Å². The Morgan fingerprint density at radius 1 is 0.421 bits per heavy atom. The fraction of sp³-hybridized carbons (Fsp3) is 1.00. The lowest BCUT2D eigenvalue weighted by molar-refractivity contribution is -0.777. The molecule has 5 saturated heterocycles. The highest BCUT2D eigenvalue weighted by molar-refractivity contribution is 7.94. The van der Waals surface area contributed by atoms with Gasteiger partial charge in [-0.15, -0.1) is 0 Å². The average molecular weight is 868 g/mol. The highest BCUT2D eigenvalue weighted by Gasteiger charge is 2.54. The van der Waals surface area contributed by atoms with E-state index < -0.39 is 10.1 Å². The van der Waals surface area contributed by atoms with Crippen molar-refractivity contribution in [3.05, 3.63) is 0 Å². The predicted octanol–water partition coefficient (Wildman–Crippen LogP) is 1.77. The van der Waals surface area contributed by atoms with E-state index in [-0.39, 0.29) is 0 Å². The van der Waals surface area contributed by atoms with E-state index in [1.54, 1.807) is 12.5 Å². The van der Waals surface area contributed by atoms with Crippen molar-refractivity contribution in [3.8, 4) is 0 Å². The van der Waals surface area contributed by atoms with E-state index in [0.29, 0.717) is 55.6 Å². The second-order valence-electron chi connectivity index (χ2n) is 16.9. The van der Waals surface area contributed by atoms with E-state index in [0.717, 1.165) is 71.4 Å². The van der Waals surface area contributed by atoms with Gasteiger partial charge < -0.3 is 15.1 Å². The van der Waals surface area contributed by atoms with Crippen LogP contribution in [0.1, 0.15) is 117 Å². The molecule has 17 nitrogen and oxygen atoms in total. The van der Waals surface area contributed by atoms with Gasteiger partial charge in [0.15, 0.2) is 0 Å². The van der Waals surface area contributed by atoms with E-state index in [4.69, 9.17) is 23.5 Å². The molecular weight excluding hydrogens is 797 g/mol. The van der Waals surface area contributed by atoms with Gasteiger partial charge in [-0.2, -0.15) is 8.67 Å². The molecule has 334 valence electrons. The molecule has 0 aromatic heterocycles. The maximum Gasteiger partial charge on any atom is 0.0916 e. The van der Waals surface area contributed by atoms with Crippen LogP contribution in [-0.4, -0.2) is 81.1 Å². The molecule has 9 rings (SSSR count). The summed E-state index contributed by atoms with van der Waals surface area (Å²) in [6.45, 7) is 4.00. The monoisotopic (exact) mass is 867 g/mol. The minimum absolute atomic E-state index is 0.420. The van der Waals surface area contributed by atoms with Crippen LogP contribution < -0.4 is 53.0 Å². The SMILES string of the molecule is C1CCC2C3NC(NC4NC(NC5NC(NC6NC(N3)C3CCCCC63)C3CCCCC53)C3CCCCC43)C2C1.CC.CS(=O)(=O)[O-].CSOO[O-].CSOO[O-]. The fourth-order valence-corrected chi connectivity index (χ4v) is 12.1. The van der Waals surface area contributed by atoms with Gasteiger partial charge in [-0.25, -0.2) is 8.42 Å². The molecule has 0 aromatic carbocycles. The summed E-state index contributed by atoms with van der Waals surface area (Å²) in [6, 6.07) is 0. The Labute approximate surface area is 349 Å². The smallest absolute Gasteiger partial charge is 0.0916 e. The highest BCUT2D eigenvalue weighted by Crippen LogP contribution is 2.45. The van der Waals surface area contributed by atoms with Crippen molar-refractivity contribution in [1.29, 1.82) is 0 Å². The van der Waals surface area contributed by atoms with Crippen LogP contribution in [0.5, 0.6) is 0 Å². The lowest BCUT2D eigenvalue weighted by Crippen LogP contribution is -2.61. The Bertz CT molecular complexity index is 1050. The summed E-state index contributed by atoms with van der Waals surface area (Å²) in [5.74, 6) is 5.97. The molecule has 8 unspecified atom stereocenters. The van der Waals surface area contributed by atoms with Gasteiger partial charge in [0, 0.05) is 42.9 Å². The molecule has 5 heterocycles. The molecule has 4 saturated carbocycles. The zero-order chi connectivity index (χ0) is 41.0. The summed E-state index contributed by atoms with van der Waals surface area (Å²) < 4.78 is 34.6. The van der Waals surface area contributed by atoms with Crippen LogP contribution in [0.25, 0.3) is 0 Å². The Morgan fingerprint density at radius 2 is 0.561 bits per heavy atom. The maximum atomic E-state index is 9.08. The van der Waals surface area contributed by atoms with Crippen molar-refractivity contribution in [1.82, 2.24) is 42.5 Å². The molecule has 4 aliphatic carbocycles. The van der Waals surface area contributed by atoms with Crippen molar-refractivity contribution < 1.29 is 42.2 Å². The van der Waals surface area contributed by atoms with Gasteiger partial charge in [0.05, 0.1) is 59.4 Å². The summed E-state index contributed by atoms with van der Waals surface area (Å²) >= 11 is 1.73. The first-order valence-corrected chi connectivity index (χ1v) is 25.7. The second kappa shape index (κ2) is 24.0. The molecule has 5 aliphatic heterocycles. The largest absolute Gasteiger partial charge is 0.748 e. The zero-order valence-corrected chi connectivity index (χ0v) is 36.9. The molecular formula is C37H71N8O9S3-3. The number of rotatable bonds is 4. The van der Waals surface area contributed by atoms with Gasteiger partial charge in [0.2, 0.25) is 0 Å². The van der Waals surface area contributed by atoms with Gasteiger partial charge >= 0.3 is 0 Å². The summed E-state index contributed by atoms with van der Waals surface area (Å²) in [6.07, 6.45) is 29.3. The standard InChI is InChI=1S/C32H56N8.C2H6.3CH4O3S/c1-2-10-18-17(9-1)25-33-26(18)38-28-21-13-5-6-14-22(21)30(35-28)40-32-24-16-8-7-15-23(24)31(36-32)39-29-20-12-4-3-11-19(20)27(34-29)37-25;1-2;1-5(2,3)4;2*1-5-4-3-2/h17-40H,1-16H2;1-2H3;1H3,(H,2,3,4);2*2H,1H3/p-3. The topological polar surface area (TPSA) is 236 Å². The van der Waals surface area contributed by atoms with Gasteiger partial charge in [0.25, 0.3) is 0 Å². The fourth-order valence-electron chi connectivity index (χ4n) is 12.0. The Morgan fingerprint density at radius 3 is 0.649 bits per heavy atom. The summed E-state index contributed by atoms with van der Waals surface area (Å²) in [5, 5.41) is 57.2. The van der Waals surface area contributed by atoms with Gasteiger partial charge in [-0.1, -0.05) is 65.2 Å². The van der Waals surface area contributed by atoms with Crippen molar-refractivity contribution >= 4 is 34.2 Å². The Balaban J connectivity index is 0.000000312. The Kier molecular flexibility index (Phi) is 20.3. The average Bonchev–Trinajstić information content (AvgIpc) is 3.95. The normalized spacial score (nSPS) is 43.0. The first-order valence-electron chi connectivity index (χ1n) is 21.6. The predicted molar refractivity (Wildman–Crippen MR) is 216 cm³/mol. The summed E-state index contributed by atoms with van der Waals surface area (Å²) in [5.41, 5.74) is 0. The molecule has 0 aromatic rings. The molecule has 8 N–H and O–H groups in total. The molecule has 0 radical (unpaired) electrons. The van der Waals surface area contributed by atoms with Crippen molar-refractivity contribution in [2.75, 3.05) is 18.8 Å². The van der Waals surface area contributed by atoms with Crippen LogP contribution in [0, 0.1) is 47.3 Å². The first-order chi connectivity index (χ1) is 27.6. The van der Waals surface area contributed by atoms with Crippen LogP contribution in [-0.2, 0) is 28.9 Å². The van der Waals surface area contributed by atoms with E-state index in [9.17, 15) is 0 Å². The molecule has 9 aliphatic rings. The van der Waals surface area contributed by atoms with Crippen LogP contribution in [0.3, 0.4) is 0 Å². The molecule has 0 amide bonds. The third kappa shape index (κ3) is 13.0. The van der Waals surface area contributed by atoms with Gasteiger partial charge in [-0.3, -0.25) is 52.6 Å². The van der Waals surface area contributed by atoms with Crippen molar-refractivity contribution in [3.63, 3.8) is 0 Å². The molecule has 8 atom stereocenters. The summed E-state index contributed by atoms with van der Waals surface area (Å²) in [7, 11) is -3.92. The van der Waals surface area contributed by atoms with E-state index in [1.807, 2.05) is 13.8 Å². The van der Waals surface area contributed by atoms with Crippen molar-refractivity contribution in [2.24, 2.45) is 47.3 Å². The van der Waals surface area contributed by atoms with Crippen LogP contribution in [0.15, 0.2) is 0 Å². The molecule has 57 heavy (non-hydrogen) atoms. The highest BCUT2D eigenvalue weighted by atomic mass is 32.2. The number of hydrogen-bond donors (Lipinski definition) is 8.